The topological polar surface area (TPSA) is 128 Å². The second-order valence-electron chi connectivity index (χ2n) is 11.6. The molecule has 16 heteroatoms. The number of benzene rings is 2. The number of aromatic nitrogens is 1. The minimum absolute atomic E-state index is 0.0216. The fraction of sp³-hybridized carbons (Fsp3) is 0.355. The number of pyridine rings is 1. The van der Waals surface area contributed by atoms with Crippen molar-refractivity contribution in [2.45, 2.75) is 61.9 Å². The van der Waals surface area contributed by atoms with Gasteiger partial charge in [-0.1, -0.05) is 25.3 Å². The van der Waals surface area contributed by atoms with Crippen LogP contribution in [0.5, 0.6) is 0 Å². The van der Waals surface area contributed by atoms with E-state index in [1.807, 2.05) is 6.07 Å². The van der Waals surface area contributed by atoms with E-state index in [2.05, 4.69) is 4.98 Å². The molecule has 10 nitrogen and oxygen atoms in total. The van der Waals surface area contributed by atoms with Gasteiger partial charge in [0, 0.05) is 18.4 Å². The van der Waals surface area contributed by atoms with Gasteiger partial charge in [-0.05, 0) is 55.0 Å². The summed E-state index contributed by atoms with van der Waals surface area (Å²) in [6, 6.07) is 5.71. The molecule has 1 saturated carbocycles. The van der Waals surface area contributed by atoms with Crippen molar-refractivity contribution in [2.24, 2.45) is 0 Å². The third-order valence-electron chi connectivity index (χ3n) is 8.91. The number of carbonyl (C=O) groups excluding carboxylic acids is 3. The number of carbonyl (C=O) groups is 3. The van der Waals surface area contributed by atoms with Crippen LogP contribution in [0.3, 0.4) is 0 Å². The largest absolute Gasteiger partial charge is 0.376 e. The number of aliphatic hydroxyl groups is 1. The summed E-state index contributed by atoms with van der Waals surface area (Å²) in [4.78, 5) is 43.4. The molecule has 248 valence electrons. The first-order valence-corrected chi connectivity index (χ1v) is 16.2. The summed E-state index contributed by atoms with van der Waals surface area (Å²) in [7, 11) is -5.42. The van der Waals surface area contributed by atoms with E-state index in [1.54, 1.807) is 12.3 Å². The van der Waals surface area contributed by atoms with E-state index in [4.69, 9.17) is 0 Å². The van der Waals surface area contributed by atoms with Crippen LogP contribution in [-0.4, -0.2) is 64.8 Å². The molecule has 0 radical (unpaired) electrons. The van der Waals surface area contributed by atoms with Gasteiger partial charge in [-0.15, -0.1) is 0 Å². The highest BCUT2D eigenvalue weighted by molar-refractivity contribution is 7.89. The molecule has 1 N–H and O–H groups in total. The van der Waals surface area contributed by atoms with Gasteiger partial charge in [0.05, 0.1) is 23.4 Å². The van der Waals surface area contributed by atoms with Gasteiger partial charge < -0.3 is 10.0 Å². The van der Waals surface area contributed by atoms with Crippen molar-refractivity contribution >= 4 is 33.4 Å². The quantitative estimate of drug-likeness (QED) is 0.162. The van der Waals surface area contributed by atoms with E-state index in [9.17, 15) is 49.9 Å². The summed E-state index contributed by atoms with van der Waals surface area (Å²) in [5.74, 6) is -14.8. The average Bonchev–Trinajstić information content (AvgIpc) is 3.29. The van der Waals surface area contributed by atoms with Crippen molar-refractivity contribution in [3.05, 3.63) is 88.0 Å². The van der Waals surface area contributed by atoms with Crippen molar-refractivity contribution < 1.29 is 49.9 Å². The molecule has 3 aromatic rings. The highest BCUT2D eigenvalue weighted by atomic mass is 32.2. The maximum absolute atomic E-state index is 14.6. The molecular weight excluding hydrogens is 651 g/mol. The fourth-order valence-corrected chi connectivity index (χ4v) is 7.99. The Hall–Kier alpha value is -4.28. The Labute approximate surface area is 265 Å². The van der Waals surface area contributed by atoms with Gasteiger partial charge in [0.15, 0.2) is 28.2 Å². The first-order chi connectivity index (χ1) is 22.4. The van der Waals surface area contributed by atoms with E-state index in [0.29, 0.717) is 20.8 Å². The Morgan fingerprint density at radius 2 is 1.51 bits per heavy atom. The Morgan fingerprint density at radius 1 is 0.872 bits per heavy atom. The maximum atomic E-state index is 14.6. The molecule has 3 amide bonds. The Bertz CT molecular complexity index is 1870. The predicted octanol–water partition coefficient (Wildman–Crippen LogP) is 4.37. The first kappa shape index (κ1) is 32.7. The van der Waals surface area contributed by atoms with Gasteiger partial charge in [0.25, 0.3) is 11.8 Å². The summed E-state index contributed by atoms with van der Waals surface area (Å²) in [6.07, 6.45) is 6.87. The molecule has 3 heterocycles. The van der Waals surface area contributed by atoms with Gasteiger partial charge in [0.2, 0.25) is 21.7 Å². The van der Waals surface area contributed by atoms with E-state index in [1.165, 1.54) is 18.2 Å². The number of nitrogens with zero attached hydrogens (tertiary/aromatic N) is 4. The molecule has 6 rings (SSSR count). The number of aliphatic hydroxyl groups excluding tert-OH is 1. The predicted molar refractivity (Wildman–Crippen MR) is 154 cm³/mol. The summed E-state index contributed by atoms with van der Waals surface area (Å²) in [5.41, 5.74) is 1.20. The van der Waals surface area contributed by atoms with Crippen LogP contribution in [-0.2, 0) is 21.4 Å². The SMILES string of the molecule is O=C1c2ccc(N(Cc3ccc(C4CCCCC4)cn3)C(=O)C3CCN3S(=O)(=O)c3c(F)c(F)c(F)c(F)c3F)cc2C(=O)N1CO. The van der Waals surface area contributed by atoms with Gasteiger partial charge in [-0.2, -0.15) is 4.31 Å². The molecule has 1 unspecified atom stereocenters. The lowest BCUT2D eigenvalue weighted by Gasteiger charge is -2.41. The highest BCUT2D eigenvalue weighted by Crippen LogP contribution is 2.36. The molecular formula is C31H27F5N4O6S. The van der Waals surface area contributed by atoms with Crippen molar-refractivity contribution in [1.29, 1.82) is 0 Å². The minimum atomic E-state index is -5.42. The van der Waals surface area contributed by atoms with Gasteiger partial charge in [0.1, 0.15) is 12.8 Å². The molecule has 0 bridgehead atoms. The highest BCUT2D eigenvalue weighted by Gasteiger charge is 2.48. The zero-order valence-electron chi connectivity index (χ0n) is 24.6. The van der Waals surface area contributed by atoms with Crippen molar-refractivity contribution in [3.63, 3.8) is 0 Å². The summed E-state index contributed by atoms with van der Waals surface area (Å²) >= 11 is 0. The van der Waals surface area contributed by atoms with Crippen LogP contribution < -0.4 is 4.90 Å². The molecule has 1 saturated heterocycles. The number of rotatable bonds is 8. The van der Waals surface area contributed by atoms with Gasteiger partial charge in [-0.25, -0.2) is 30.4 Å². The van der Waals surface area contributed by atoms with Crippen LogP contribution in [0, 0.1) is 29.1 Å². The van der Waals surface area contributed by atoms with Crippen LogP contribution in [0.15, 0.2) is 41.4 Å². The van der Waals surface area contributed by atoms with Crippen LogP contribution in [0.1, 0.15) is 76.4 Å². The lowest BCUT2D eigenvalue weighted by molar-refractivity contribution is -0.125. The smallest absolute Gasteiger partial charge is 0.263 e. The number of anilines is 1. The summed E-state index contributed by atoms with van der Waals surface area (Å²) in [5, 5.41) is 9.49. The number of sulfonamides is 1. The van der Waals surface area contributed by atoms with Crippen molar-refractivity contribution in [2.75, 3.05) is 18.2 Å². The number of hydrogen-bond acceptors (Lipinski definition) is 7. The standard InChI is InChI=1S/C31H27F5N4O6S/c32-23-24(33)26(35)28(27(36)25(23)34)47(45,46)40-11-10-22(40)31(44)38(14-18-7-6-17(13-37-18)16-4-2-1-3-5-16)19-8-9-20-21(12-19)30(43)39(15-41)29(20)42/h6-9,12-13,16,22,41H,1-5,10-11,14-15H2. The Balaban J connectivity index is 1.36. The van der Waals surface area contributed by atoms with E-state index in [0.717, 1.165) is 42.6 Å². The number of hydrogen-bond donors (Lipinski definition) is 1. The Kier molecular flexibility index (Phi) is 8.61. The van der Waals surface area contributed by atoms with Crippen LogP contribution >= 0.6 is 0 Å². The number of halogens is 5. The monoisotopic (exact) mass is 678 g/mol. The average molecular weight is 679 g/mol. The second kappa shape index (κ2) is 12.4. The Morgan fingerprint density at radius 3 is 2.09 bits per heavy atom. The van der Waals surface area contributed by atoms with E-state index >= 15 is 0 Å². The minimum Gasteiger partial charge on any atom is -0.376 e. The third kappa shape index (κ3) is 5.47. The molecule has 2 fully saturated rings. The normalized spacial score (nSPS) is 18.8. The van der Waals surface area contributed by atoms with Crippen molar-refractivity contribution in [1.82, 2.24) is 14.2 Å². The molecule has 47 heavy (non-hydrogen) atoms. The molecule has 0 spiro atoms. The van der Waals surface area contributed by atoms with Crippen LogP contribution in [0.25, 0.3) is 0 Å². The second-order valence-corrected chi connectivity index (χ2v) is 13.4. The molecule has 3 aliphatic rings. The van der Waals surface area contributed by atoms with Crippen LogP contribution in [0.2, 0.25) is 0 Å². The maximum Gasteiger partial charge on any atom is 0.263 e. The fourth-order valence-electron chi connectivity index (χ4n) is 6.25. The zero-order chi connectivity index (χ0) is 33.8. The molecule has 2 aromatic carbocycles. The molecule has 1 atom stereocenters. The number of imide groups is 1. The molecule has 1 aromatic heterocycles. The first-order valence-electron chi connectivity index (χ1n) is 14.8. The van der Waals surface area contributed by atoms with Crippen molar-refractivity contribution in [3.8, 4) is 0 Å². The summed E-state index contributed by atoms with van der Waals surface area (Å²) < 4.78 is 97.6. The summed E-state index contributed by atoms with van der Waals surface area (Å²) in [6.45, 7) is -1.64. The lowest BCUT2D eigenvalue weighted by Crippen LogP contribution is -2.59. The zero-order valence-corrected chi connectivity index (χ0v) is 25.4. The molecule has 1 aliphatic carbocycles. The molecule has 2 aliphatic heterocycles. The van der Waals surface area contributed by atoms with E-state index in [-0.39, 0.29) is 29.8 Å². The van der Waals surface area contributed by atoms with E-state index < -0.39 is 81.0 Å². The van der Waals surface area contributed by atoms with Gasteiger partial charge in [-0.3, -0.25) is 24.3 Å². The number of fused-ring (bicyclic) bond motifs is 1. The third-order valence-corrected chi connectivity index (χ3v) is 10.8. The van der Waals surface area contributed by atoms with Crippen LogP contribution in [0.4, 0.5) is 27.6 Å². The number of amides is 3. The van der Waals surface area contributed by atoms with Gasteiger partial charge >= 0.3 is 0 Å². The lowest BCUT2D eigenvalue weighted by atomic mass is 9.85.